The van der Waals surface area contributed by atoms with Gasteiger partial charge in [0, 0.05) is 0 Å². The highest BCUT2D eigenvalue weighted by Gasteiger charge is 2.18. The molecule has 0 saturated carbocycles. The van der Waals surface area contributed by atoms with Crippen molar-refractivity contribution in [1.82, 2.24) is 5.06 Å². The molecule has 1 heterocycles. The Morgan fingerprint density at radius 2 is 2.54 bits per heavy atom. The smallest absolute Gasteiger partial charge is 0.338 e. The molecule has 0 aromatic carbocycles. The fourth-order valence-electron chi connectivity index (χ4n) is 0.801. The number of nitrogens with zero attached hydrogens (tertiary/aromatic N) is 1. The van der Waals surface area contributed by atoms with Crippen molar-refractivity contribution in [3.63, 3.8) is 0 Å². The fourth-order valence-corrected chi connectivity index (χ4v) is 0.801. The van der Waals surface area contributed by atoms with E-state index in [4.69, 9.17) is 9.62 Å². The molecule has 1 rings (SSSR count). The van der Waals surface area contributed by atoms with Crippen LogP contribution in [-0.2, 0) is 0 Å². The van der Waals surface area contributed by atoms with E-state index in [-0.39, 0.29) is 10.8 Å². The normalized spacial score (nSPS) is 12.5. The van der Waals surface area contributed by atoms with Crippen LogP contribution in [0.15, 0.2) is 22.8 Å². The highest BCUT2D eigenvalue weighted by atomic mass is 19.1. The van der Waals surface area contributed by atoms with Crippen LogP contribution in [0.3, 0.4) is 0 Å². The fraction of sp³-hybridized carbons (Fsp3) is 0.286. The minimum atomic E-state index is -1.58. The van der Waals surface area contributed by atoms with E-state index in [0.29, 0.717) is 0 Å². The lowest BCUT2D eigenvalue weighted by Gasteiger charge is -2.13. The highest BCUT2D eigenvalue weighted by Crippen LogP contribution is 2.17. The third kappa shape index (κ3) is 2.45. The first kappa shape index (κ1) is 9.53. The van der Waals surface area contributed by atoms with Gasteiger partial charge in [0.2, 0.25) is 0 Å². The monoisotopic (exact) mass is 188 g/mol. The number of alkyl halides is 1. The second-order valence-corrected chi connectivity index (χ2v) is 2.40. The zero-order valence-electron chi connectivity index (χ0n) is 6.68. The van der Waals surface area contributed by atoms with Crippen LogP contribution in [0.5, 0.6) is 0 Å². The lowest BCUT2D eigenvalue weighted by molar-refractivity contribution is -0.0566. The summed E-state index contributed by atoms with van der Waals surface area (Å²) in [5, 5.41) is 8.86. The molecule has 1 unspecified atom stereocenters. The molecule has 1 aromatic rings. The molecule has 0 saturated heterocycles. The second-order valence-electron chi connectivity index (χ2n) is 2.40. The van der Waals surface area contributed by atoms with Crippen molar-refractivity contribution in [2.75, 3.05) is 6.54 Å². The zero-order valence-corrected chi connectivity index (χ0v) is 6.68. The maximum absolute atomic E-state index is 13.1. The molecule has 5 nitrogen and oxygen atoms in total. The number of amides is 2. The van der Waals surface area contributed by atoms with Crippen molar-refractivity contribution in [2.45, 2.75) is 6.17 Å². The van der Waals surface area contributed by atoms with Gasteiger partial charge in [-0.15, -0.1) is 0 Å². The Labute approximate surface area is 73.5 Å². The van der Waals surface area contributed by atoms with Gasteiger partial charge >= 0.3 is 6.03 Å². The lowest BCUT2D eigenvalue weighted by atomic mass is 10.3. The van der Waals surface area contributed by atoms with Gasteiger partial charge in [-0.1, -0.05) is 0 Å². The molecule has 1 atom stereocenters. The van der Waals surface area contributed by atoms with Crippen molar-refractivity contribution in [3.8, 4) is 0 Å². The quantitative estimate of drug-likeness (QED) is 0.549. The summed E-state index contributed by atoms with van der Waals surface area (Å²) in [7, 11) is 0. The van der Waals surface area contributed by atoms with Gasteiger partial charge in [0.25, 0.3) is 0 Å². The first-order chi connectivity index (χ1) is 6.11. The van der Waals surface area contributed by atoms with Crippen LogP contribution in [0.4, 0.5) is 9.18 Å². The molecule has 72 valence electrons. The highest BCUT2D eigenvalue weighted by molar-refractivity contribution is 5.70. The molecule has 2 amide bonds. The average Bonchev–Trinajstić information content (AvgIpc) is 2.55. The Hall–Kier alpha value is -1.56. The van der Waals surface area contributed by atoms with Crippen LogP contribution in [0, 0.1) is 0 Å². The maximum atomic E-state index is 13.1. The first-order valence-electron chi connectivity index (χ1n) is 3.54. The molecule has 0 aliphatic rings. The number of hydrogen-bond acceptors (Lipinski definition) is 3. The third-order valence-electron chi connectivity index (χ3n) is 1.44. The van der Waals surface area contributed by atoms with Crippen LogP contribution in [0.1, 0.15) is 11.9 Å². The Morgan fingerprint density at radius 3 is 3.00 bits per heavy atom. The van der Waals surface area contributed by atoms with Gasteiger partial charge < -0.3 is 10.2 Å². The molecule has 0 aliphatic heterocycles. The zero-order chi connectivity index (χ0) is 9.84. The molecular formula is C7H9FN2O3. The van der Waals surface area contributed by atoms with E-state index in [0.717, 1.165) is 0 Å². The molecule has 1 aromatic heterocycles. The first-order valence-corrected chi connectivity index (χ1v) is 3.54. The van der Waals surface area contributed by atoms with E-state index < -0.39 is 18.7 Å². The summed E-state index contributed by atoms with van der Waals surface area (Å²) in [5.41, 5.74) is 4.68. The van der Waals surface area contributed by atoms with Crippen LogP contribution in [0.2, 0.25) is 0 Å². The summed E-state index contributed by atoms with van der Waals surface area (Å²) >= 11 is 0. The number of rotatable bonds is 3. The molecule has 0 radical (unpaired) electrons. The number of primary amides is 1. The van der Waals surface area contributed by atoms with Gasteiger partial charge in [-0.25, -0.2) is 14.2 Å². The van der Waals surface area contributed by atoms with Crippen molar-refractivity contribution < 1.29 is 18.8 Å². The summed E-state index contributed by atoms with van der Waals surface area (Å²) in [6.07, 6.45) is -0.277. The number of halogens is 1. The van der Waals surface area contributed by atoms with E-state index in [2.05, 4.69) is 5.73 Å². The predicted octanol–water partition coefficient (Wildman–Crippen LogP) is 1.06. The van der Waals surface area contributed by atoms with Gasteiger partial charge in [0.1, 0.15) is 5.76 Å². The minimum absolute atomic E-state index is 0.0419. The Balaban J connectivity index is 2.51. The van der Waals surface area contributed by atoms with E-state index in [1.165, 1.54) is 18.4 Å². The molecule has 3 N–H and O–H groups in total. The lowest BCUT2D eigenvalue weighted by Crippen LogP contribution is -2.35. The van der Waals surface area contributed by atoms with Crippen LogP contribution < -0.4 is 5.73 Å². The molecule has 0 fully saturated rings. The van der Waals surface area contributed by atoms with Crippen molar-refractivity contribution in [3.05, 3.63) is 24.2 Å². The van der Waals surface area contributed by atoms with Crippen molar-refractivity contribution in [2.24, 2.45) is 5.73 Å². The number of carbonyl (C=O) groups excluding carboxylic acids is 1. The number of carbonyl (C=O) groups is 1. The summed E-state index contributed by atoms with van der Waals surface area (Å²) < 4.78 is 17.8. The van der Waals surface area contributed by atoms with E-state index in [1.807, 2.05) is 0 Å². The standard InChI is InChI=1S/C7H9FN2O3/c8-5(4-10(12)7(9)11)6-2-1-3-13-6/h1-3,5,12H,4H2,(H2,9,11). The predicted molar refractivity (Wildman–Crippen MR) is 40.6 cm³/mol. The van der Waals surface area contributed by atoms with Crippen molar-refractivity contribution >= 4 is 6.03 Å². The maximum Gasteiger partial charge on any atom is 0.338 e. The number of furan rings is 1. The van der Waals surface area contributed by atoms with Crippen LogP contribution >= 0.6 is 0 Å². The van der Waals surface area contributed by atoms with Crippen LogP contribution in [-0.4, -0.2) is 22.8 Å². The topological polar surface area (TPSA) is 79.7 Å². The van der Waals surface area contributed by atoms with Gasteiger partial charge in [-0.05, 0) is 12.1 Å². The van der Waals surface area contributed by atoms with Gasteiger partial charge in [-0.2, -0.15) is 0 Å². The second kappa shape index (κ2) is 3.90. The summed E-state index contributed by atoms with van der Waals surface area (Å²) in [4.78, 5) is 10.3. The van der Waals surface area contributed by atoms with Gasteiger partial charge in [0.15, 0.2) is 6.17 Å². The molecule has 6 heteroatoms. The van der Waals surface area contributed by atoms with Gasteiger partial charge in [0.05, 0.1) is 12.8 Å². The number of hydroxylamine groups is 2. The Morgan fingerprint density at radius 1 is 1.85 bits per heavy atom. The Kier molecular flexibility index (Phi) is 2.86. The van der Waals surface area contributed by atoms with E-state index in [1.54, 1.807) is 0 Å². The third-order valence-corrected chi connectivity index (χ3v) is 1.44. The molecule has 0 aliphatic carbocycles. The van der Waals surface area contributed by atoms with Crippen molar-refractivity contribution in [1.29, 1.82) is 0 Å². The number of hydrogen-bond donors (Lipinski definition) is 2. The molecule has 0 bridgehead atoms. The average molecular weight is 188 g/mol. The van der Waals surface area contributed by atoms with Gasteiger partial charge in [-0.3, -0.25) is 5.21 Å². The molecule has 0 spiro atoms. The summed E-state index contributed by atoms with van der Waals surface area (Å²) in [6, 6.07) is 1.81. The van der Waals surface area contributed by atoms with E-state index >= 15 is 0 Å². The molecular weight excluding hydrogens is 179 g/mol. The number of nitrogens with two attached hydrogens (primary N) is 1. The van der Waals surface area contributed by atoms with E-state index in [9.17, 15) is 9.18 Å². The number of urea groups is 1. The van der Waals surface area contributed by atoms with Crippen LogP contribution in [0.25, 0.3) is 0 Å². The largest absolute Gasteiger partial charge is 0.466 e. The summed E-state index contributed by atoms with van der Waals surface area (Å²) in [6.45, 7) is -0.539. The minimum Gasteiger partial charge on any atom is -0.466 e. The molecule has 13 heavy (non-hydrogen) atoms. The summed E-state index contributed by atoms with van der Waals surface area (Å²) in [5.74, 6) is 0.0419. The Bertz CT molecular complexity index is 275. The SMILES string of the molecule is NC(=O)N(O)CC(F)c1ccco1.